The summed E-state index contributed by atoms with van der Waals surface area (Å²) in [6, 6.07) is 7.45. The third kappa shape index (κ3) is 4.26. The fourth-order valence-corrected chi connectivity index (χ4v) is 3.27. The van der Waals surface area contributed by atoms with Gasteiger partial charge in [-0.3, -0.25) is 14.6 Å². The van der Waals surface area contributed by atoms with E-state index in [4.69, 9.17) is 9.47 Å². The first-order chi connectivity index (χ1) is 11.8. The largest absolute Gasteiger partial charge is 0.496 e. The molecule has 2 saturated heterocycles. The van der Waals surface area contributed by atoms with E-state index in [0.717, 1.165) is 65.6 Å². The second kappa shape index (κ2) is 8.46. The minimum Gasteiger partial charge on any atom is -0.496 e. The minimum absolute atomic E-state index is 0.0697. The van der Waals surface area contributed by atoms with Crippen LogP contribution in [0.1, 0.15) is 10.4 Å². The molecule has 1 aromatic rings. The van der Waals surface area contributed by atoms with E-state index in [1.165, 1.54) is 0 Å². The highest BCUT2D eigenvalue weighted by Crippen LogP contribution is 2.20. The standard InChI is InChI=1S/C18H27N3O3/c1-23-17-5-3-2-4-16(17)18(22)21-10-8-19(9-11-21)6-7-20-12-14-24-15-13-20/h2-5H,6-15H2,1H3. The zero-order chi connectivity index (χ0) is 16.8. The lowest BCUT2D eigenvalue weighted by atomic mass is 10.1. The van der Waals surface area contributed by atoms with E-state index in [9.17, 15) is 4.79 Å². The molecule has 0 bridgehead atoms. The van der Waals surface area contributed by atoms with Crippen LogP contribution in [0.2, 0.25) is 0 Å². The molecular formula is C18H27N3O3. The molecule has 0 aliphatic carbocycles. The number of methoxy groups -OCH3 is 1. The fourth-order valence-electron chi connectivity index (χ4n) is 3.27. The zero-order valence-corrected chi connectivity index (χ0v) is 14.4. The molecule has 0 spiro atoms. The minimum atomic E-state index is 0.0697. The van der Waals surface area contributed by atoms with Crippen molar-refractivity contribution >= 4 is 5.91 Å². The van der Waals surface area contributed by atoms with Crippen molar-refractivity contribution in [2.24, 2.45) is 0 Å². The smallest absolute Gasteiger partial charge is 0.257 e. The van der Waals surface area contributed by atoms with Crippen LogP contribution in [0.4, 0.5) is 0 Å². The van der Waals surface area contributed by atoms with Gasteiger partial charge in [-0.15, -0.1) is 0 Å². The van der Waals surface area contributed by atoms with Gasteiger partial charge >= 0.3 is 0 Å². The molecule has 2 fully saturated rings. The molecule has 132 valence electrons. The van der Waals surface area contributed by atoms with Crippen molar-refractivity contribution in [3.05, 3.63) is 29.8 Å². The first-order valence-electron chi connectivity index (χ1n) is 8.72. The molecule has 0 unspecified atom stereocenters. The maximum absolute atomic E-state index is 12.7. The molecule has 0 radical (unpaired) electrons. The van der Waals surface area contributed by atoms with E-state index >= 15 is 0 Å². The van der Waals surface area contributed by atoms with Crippen molar-refractivity contribution in [2.45, 2.75) is 0 Å². The third-order valence-electron chi connectivity index (χ3n) is 4.83. The third-order valence-corrected chi connectivity index (χ3v) is 4.83. The molecule has 3 rings (SSSR count). The summed E-state index contributed by atoms with van der Waals surface area (Å²) >= 11 is 0. The lowest BCUT2D eigenvalue weighted by Gasteiger charge is -2.36. The quantitative estimate of drug-likeness (QED) is 0.797. The Morgan fingerprint density at radius 3 is 2.29 bits per heavy atom. The van der Waals surface area contributed by atoms with Crippen molar-refractivity contribution in [3.8, 4) is 5.75 Å². The van der Waals surface area contributed by atoms with Gasteiger partial charge in [-0.25, -0.2) is 0 Å². The molecule has 1 amide bonds. The van der Waals surface area contributed by atoms with E-state index in [0.29, 0.717) is 11.3 Å². The fraction of sp³-hybridized carbons (Fsp3) is 0.611. The number of piperazine rings is 1. The predicted octanol–water partition coefficient (Wildman–Crippen LogP) is 0.785. The maximum atomic E-state index is 12.7. The van der Waals surface area contributed by atoms with E-state index in [-0.39, 0.29) is 5.91 Å². The van der Waals surface area contributed by atoms with Crippen molar-refractivity contribution in [1.29, 1.82) is 0 Å². The van der Waals surface area contributed by atoms with Crippen molar-refractivity contribution in [2.75, 3.05) is 72.7 Å². The van der Waals surface area contributed by atoms with Gasteiger partial charge in [0.15, 0.2) is 0 Å². The summed E-state index contributed by atoms with van der Waals surface area (Å²) in [4.78, 5) is 19.5. The topological polar surface area (TPSA) is 45.2 Å². The number of rotatable bonds is 5. The maximum Gasteiger partial charge on any atom is 0.257 e. The highest BCUT2D eigenvalue weighted by atomic mass is 16.5. The van der Waals surface area contributed by atoms with Gasteiger partial charge in [0.1, 0.15) is 5.75 Å². The number of carbonyl (C=O) groups is 1. The van der Waals surface area contributed by atoms with Crippen molar-refractivity contribution in [1.82, 2.24) is 14.7 Å². The number of benzene rings is 1. The second-order valence-electron chi connectivity index (χ2n) is 6.29. The van der Waals surface area contributed by atoms with Gasteiger partial charge in [0.2, 0.25) is 0 Å². The van der Waals surface area contributed by atoms with Crippen molar-refractivity contribution in [3.63, 3.8) is 0 Å². The Hall–Kier alpha value is -1.63. The Kier molecular flexibility index (Phi) is 6.07. The molecule has 6 heteroatoms. The molecule has 2 aliphatic rings. The van der Waals surface area contributed by atoms with Crippen LogP contribution in [0.5, 0.6) is 5.75 Å². The van der Waals surface area contributed by atoms with E-state index in [1.54, 1.807) is 7.11 Å². The number of nitrogens with zero attached hydrogens (tertiary/aromatic N) is 3. The molecule has 1 aromatic carbocycles. The Balaban J connectivity index is 1.46. The first kappa shape index (κ1) is 17.2. The molecule has 24 heavy (non-hydrogen) atoms. The first-order valence-corrected chi connectivity index (χ1v) is 8.72. The van der Waals surface area contributed by atoms with Gasteiger partial charge in [0.05, 0.1) is 25.9 Å². The normalized spacial score (nSPS) is 20.1. The van der Waals surface area contributed by atoms with Crippen LogP contribution in [0.15, 0.2) is 24.3 Å². The van der Waals surface area contributed by atoms with Crippen LogP contribution in [0.25, 0.3) is 0 Å². The van der Waals surface area contributed by atoms with Crippen LogP contribution in [0, 0.1) is 0 Å². The summed E-state index contributed by atoms with van der Waals surface area (Å²) in [5, 5.41) is 0. The van der Waals surface area contributed by atoms with Gasteiger partial charge in [-0.05, 0) is 12.1 Å². The van der Waals surface area contributed by atoms with Gasteiger partial charge in [0, 0.05) is 52.4 Å². The van der Waals surface area contributed by atoms with E-state index in [1.807, 2.05) is 29.2 Å². The number of ether oxygens (including phenoxy) is 2. The predicted molar refractivity (Wildman–Crippen MR) is 92.6 cm³/mol. The average Bonchev–Trinajstić information content (AvgIpc) is 2.67. The van der Waals surface area contributed by atoms with Crippen LogP contribution in [0.3, 0.4) is 0 Å². The average molecular weight is 333 g/mol. The zero-order valence-electron chi connectivity index (χ0n) is 14.4. The molecule has 0 aromatic heterocycles. The van der Waals surface area contributed by atoms with Gasteiger partial charge in [-0.1, -0.05) is 12.1 Å². The highest BCUT2D eigenvalue weighted by molar-refractivity contribution is 5.97. The summed E-state index contributed by atoms with van der Waals surface area (Å²) < 4.78 is 10.7. The summed E-state index contributed by atoms with van der Waals surface area (Å²) in [5.74, 6) is 0.720. The van der Waals surface area contributed by atoms with Crippen LogP contribution in [-0.2, 0) is 4.74 Å². The molecule has 0 atom stereocenters. The summed E-state index contributed by atoms with van der Waals surface area (Å²) in [6.07, 6.45) is 0. The molecule has 2 heterocycles. The number of carbonyl (C=O) groups excluding carboxylic acids is 1. The summed E-state index contributed by atoms with van der Waals surface area (Å²) in [5.41, 5.74) is 0.654. The number of para-hydroxylation sites is 1. The summed E-state index contributed by atoms with van der Waals surface area (Å²) in [7, 11) is 1.61. The van der Waals surface area contributed by atoms with Gasteiger partial charge < -0.3 is 14.4 Å². The van der Waals surface area contributed by atoms with E-state index in [2.05, 4.69) is 9.80 Å². The molecular weight excluding hydrogens is 306 g/mol. The second-order valence-corrected chi connectivity index (χ2v) is 6.29. The molecule has 2 aliphatic heterocycles. The molecule has 0 N–H and O–H groups in total. The molecule has 0 saturated carbocycles. The lowest BCUT2D eigenvalue weighted by Crippen LogP contribution is -2.51. The van der Waals surface area contributed by atoms with Crippen LogP contribution >= 0.6 is 0 Å². The Bertz CT molecular complexity index is 538. The lowest BCUT2D eigenvalue weighted by molar-refractivity contribution is 0.0293. The Morgan fingerprint density at radius 1 is 1.00 bits per heavy atom. The van der Waals surface area contributed by atoms with E-state index < -0.39 is 0 Å². The van der Waals surface area contributed by atoms with Gasteiger partial charge in [-0.2, -0.15) is 0 Å². The van der Waals surface area contributed by atoms with Crippen LogP contribution in [-0.4, -0.2) is 93.3 Å². The SMILES string of the molecule is COc1ccccc1C(=O)N1CCN(CCN2CCOCC2)CC1. The number of hydrogen-bond acceptors (Lipinski definition) is 5. The highest BCUT2D eigenvalue weighted by Gasteiger charge is 2.24. The van der Waals surface area contributed by atoms with Gasteiger partial charge in [0.25, 0.3) is 5.91 Å². The van der Waals surface area contributed by atoms with Crippen molar-refractivity contribution < 1.29 is 14.3 Å². The number of morpholine rings is 1. The monoisotopic (exact) mass is 333 g/mol. The Morgan fingerprint density at radius 2 is 1.62 bits per heavy atom. The Labute approximate surface area is 143 Å². The summed E-state index contributed by atoms with van der Waals surface area (Å²) in [6.45, 7) is 9.35. The molecule has 6 nitrogen and oxygen atoms in total. The number of hydrogen-bond donors (Lipinski definition) is 0. The number of amides is 1. The van der Waals surface area contributed by atoms with Crippen LogP contribution < -0.4 is 4.74 Å².